The van der Waals surface area contributed by atoms with E-state index in [1.165, 1.54) is 64.7 Å². The Morgan fingerprint density at radius 2 is 0.589 bits per heavy atom. The van der Waals surface area contributed by atoms with Gasteiger partial charge < -0.3 is 9.47 Å². The van der Waals surface area contributed by atoms with Gasteiger partial charge in [0.05, 0.1) is 39.3 Å². The average Bonchev–Trinajstić information content (AvgIpc) is 1.55. The first-order valence-electron chi connectivity index (χ1n) is 36.2. The van der Waals surface area contributed by atoms with Crippen LogP contribution in [0.5, 0.6) is 23.0 Å². The predicted octanol–water partition coefficient (Wildman–Crippen LogP) is 25.0. The van der Waals surface area contributed by atoms with Crippen molar-refractivity contribution in [3.63, 3.8) is 0 Å². The third-order valence-electron chi connectivity index (χ3n) is 22.3. The minimum absolute atomic E-state index is 0.556. The molecule has 18 aromatic rings. The van der Waals surface area contributed by atoms with Crippen molar-refractivity contribution in [3.8, 4) is 147 Å². The lowest BCUT2D eigenvalue weighted by Crippen LogP contribution is -2.32. The van der Waals surface area contributed by atoms with Crippen molar-refractivity contribution in [1.82, 2.24) is 24.9 Å². The minimum Gasteiger partial charge on any atom is -0.457 e. The van der Waals surface area contributed by atoms with E-state index < -0.39 is 10.8 Å². The summed E-state index contributed by atoms with van der Waals surface area (Å²) in [5.41, 5.74) is 28.0. The standard InChI is InChI=1S/C99H59N5O2S/c1-2-21-60(22-3-1)86-59-89(85-39-16-17-50-100-85)104-97(101-86)70-28-20-25-63(53-70)66-45-49-84-93(56-66)106-92-55-64(43-48-83(92)99(84)79-36-11-6-31-73(79)74-32-7-12-37-80(74)99)61-23-18-26-67(51-61)87-58-88(68-42-46-76-75-33-8-15-41-94(75)107-95(76)57-68)103-96(102-87)69-27-19-24-62(52-69)65-44-47-82-91(54-65)105-90-40-14-13-38-81(90)98(82)77-34-9-4-29-71(77)72-30-5-10-35-78(72)98/h1-59H. The molecule has 0 fully saturated rings. The molecule has 22 rings (SSSR count). The Morgan fingerprint density at radius 3 is 1.13 bits per heavy atom. The summed E-state index contributed by atoms with van der Waals surface area (Å²) in [5, 5.41) is 2.49. The van der Waals surface area contributed by atoms with Crippen LogP contribution in [0.25, 0.3) is 144 Å². The molecule has 8 heteroatoms. The van der Waals surface area contributed by atoms with Gasteiger partial charge in [-0.25, -0.2) is 19.9 Å². The molecule has 107 heavy (non-hydrogen) atoms. The van der Waals surface area contributed by atoms with Gasteiger partial charge in [0.1, 0.15) is 23.0 Å². The average molecular weight is 1380 g/mol. The van der Waals surface area contributed by atoms with Crippen LogP contribution in [-0.4, -0.2) is 24.9 Å². The Bertz CT molecular complexity index is 6590. The number of para-hydroxylation sites is 1. The topological polar surface area (TPSA) is 82.9 Å². The number of rotatable bonds is 9. The van der Waals surface area contributed by atoms with Crippen LogP contribution < -0.4 is 9.47 Å². The van der Waals surface area contributed by atoms with Crippen LogP contribution in [0.4, 0.5) is 0 Å². The highest BCUT2D eigenvalue weighted by molar-refractivity contribution is 7.25. The molecular formula is C99H59N5O2S. The molecule has 4 aliphatic rings. The highest BCUT2D eigenvalue weighted by atomic mass is 32.1. The van der Waals surface area contributed by atoms with Gasteiger partial charge in [-0.15, -0.1) is 11.3 Å². The number of pyridine rings is 1. The lowest BCUT2D eigenvalue weighted by Gasteiger charge is -2.39. The summed E-state index contributed by atoms with van der Waals surface area (Å²) in [6, 6.07) is 126. The van der Waals surface area contributed by atoms with Crippen LogP contribution in [-0.2, 0) is 10.8 Å². The van der Waals surface area contributed by atoms with Gasteiger partial charge in [0.15, 0.2) is 11.6 Å². The van der Waals surface area contributed by atoms with E-state index >= 15 is 0 Å². The Labute approximate surface area is 621 Å². The molecule has 4 aromatic heterocycles. The van der Waals surface area contributed by atoms with E-state index in [1.807, 2.05) is 53.8 Å². The molecule has 6 heterocycles. The number of nitrogens with zero attached hydrogens (tertiary/aromatic N) is 5. The molecule has 0 bridgehead atoms. The van der Waals surface area contributed by atoms with Crippen molar-refractivity contribution in [2.45, 2.75) is 10.8 Å². The van der Waals surface area contributed by atoms with Gasteiger partial charge in [-0.2, -0.15) is 0 Å². The normalized spacial score (nSPS) is 13.3. The summed E-state index contributed by atoms with van der Waals surface area (Å²) in [6.07, 6.45) is 1.80. The van der Waals surface area contributed by atoms with E-state index in [0.717, 1.165) is 135 Å². The SMILES string of the molecule is c1ccc(-c2cc(-c3ccccn3)nc(-c3cccc(-c4ccc5c(c4)Oc4cc(-c6cccc(-c7cc(-c8ccc9c(c8)sc8ccccc89)nc(-c8cccc(-c9ccc%10c(c9)Oc9ccccc9C%109c%10ccccc%10-c%10ccccc%109)c8)n7)c6)ccc4C54c5ccccc5-c5ccccc54)c3)n2)cc1. The van der Waals surface area contributed by atoms with Crippen LogP contribution in [0.15, 0.2) is 358 Å². The number of thiophene rings is 1. The Kier molecular flexibility index (Phi) is 13.6. The van der Waals surface area contributed by atoms with E-state index in [-0.39, 0.29) is 0 Å². The number of aromatic nitrogens is 5. The van der Waals surface area contributed by atoms with Crippen molar-refractivity contribution >= 4 is 31.5 Å². The largest absolute Gasteiger partial charge is 0.457 e. The van der Waals surface area contributed by atoms with Gasteiger partial charge in [0, 0.05) is 76.4 Å². The third kappa shape index (κ3) is 9.42. The summed E-state index contributed by atoms with van der Waals surface area (Å²) >= 11 is 1.81. The van der Waals surface area contributed by atoms with Crippen molar-refractivity contribution < 1.29 is 9.47 Å². The molecule has 0 saturated heterocycles. The first-order valence-corrected chi connectivity index (χ1v) is 37.0. The number of hydrogen-bond donors (Lipinski definition) is 0. The monoisotopic (exact) mass is 1380 g/mol. The first-order chi connectivity index (χ1) is 53.0. The summed E-state index contributed by atoms with van der Waals surface area (Å²) in [7, 11) is 0. The lowest BCUT2D eigenvalue weighted by atomic mass is 9.65. The molecule has 14 aromatic carbocycles. The van der Waals surface area contributed by atoms with Crippen LogP contribution in [0.3, 0.4) is 0 Å². The van der Waals surface area contributed by atoms with E-state index in [9.17, 15) is 0 Å². The Morgan fingerprint density at radius 1 is 0.215 bits per heavy atom. The molecule has 0 N–H and O–H groups in total. The zero-order valence-electron chi connectivity index (χ0n) is 57.5. The molecule has 0 amide bonds. The number of ether oxygens (including phenoxy) is 2. The molecule has 0 radical (unpaired) electrons. The molecular weight excluding hydrogens is 1320 g/mol. The van der Waals surface area contributed by atoms with Crippen LogP contribution in [0.2, 0.25) is 0 Å². The van der Waals surface area contributed by atoms with Gasteiger partial charge >= 0.3 is 0 Å². The van der Waals surface area contributed by atoms with E-state index in [0.29, 0.717) is 11.6 Å². The zero-order chi connectivity index (χ0) is 70.3. The minimum atomic E-state index is -0.688. The van der Waals surface area contributed by atoms with Crippen LogP contribution in [0, 0.1) is 0 Å². The molecule has 2 aliphatic carbocycles. The molecule has 7 nitrogen and oxygen atoms in total. The fourth-order valence-electron chi connectivity index (χ4n) is 17.6. The van der Waals surface area contributed by atoms with Crippen molar-refractivity contribution in [3.05, 3.63) is 403 Å². The zero-order valence-corrected chi connectivity index (χ0v) is 58.3. The summed E-state index contributed by atoms with van der Waals surface area (Å²) in [4.78, 5) is 26.1. The quantitative estimate of drug-likeness (QED) is 0.142. The maximum absolute atomic E-state index is 7.43. The fourth-order valence-corrected chi connectivity index (χ4v) is 18.7. The molecule has 498 valence electrons. The molecule has 0 unspecified atom stereocenters. The van der Waals surface area contributed by atoms with Gasteiger partial charge in [-0.05, 0) is 157 Å². The van der Waals surface area contributed by atoms with Gasteiger partial charge in [0.2, 0.25) is 0 Å². The smallest absolute Gasteiger partial charge is 0.160 e. The summed E-state index contributed by atoms with van der Waals surface area (Å²) in [6.45, 7) is 0. The fraction of sp³-hybridized carbons (Fsp3) is 0.0202. The van der Waals surface area contributed by atoms with Crippen LogP contribution >= 0.6 is 11.3 Å². The second kappa shape index (κ2) is 23.9. The van der Waals surface area contributed by atoms with Crippen molar-refractivity contribution in [1.29, 1.82) is 0 Å². The maximum Gasteiger partial charge on any atom is 0.160 e. The number of benzene rings is 14. The highest BCUT2D eigenvalue weighted by Gasteiger charge is 2.53. The first kappa shape index (κ1) is 60.8. The van der Waals surface area contributed by atoms with Gasteiger partial charge in [-0.3, -0.25) is 4.98 Å². The van der Waals surface area contributed by atoms with E-state index in [2.05, 4.69) is 309 Å². The maximum atomic E-state index is 7.43. The number of fused-ring (bicyclic) bond motifs is 21. The Balaban J connectivity index is 0.655. The second-order valence-electron chi connectivity index (χ2n) is 28.1. The Hall–Kier alpha value is -13.8. The van der Waals surface area contributed by atoms with Crippen molar-refractivity contribution in [2.24, 2.45) is 0 Å². The van der Waals surface area contributed by atoms with Crippen LogP contribution in [0.1, 0.15) is 44.5 Å². The molecule has 0 saturated carbocycles. The molecule has 0 atom stereocenters. The number of hydrogen-bond acceptors (Lipinski definition) is 8. The highest BCUT2D eigenvalue weighted by Crippen LogP contribution is 2.65. The summed E-state index contributed by atoms with van der Waals surface area (Å²) < 4.78 is 16.9. The van der Waals surface area contributed by atoms with Gasteiger partial charge in [-0.1, -0.05) is 273 Å². The van der Waals surface area contributed by atoms with Gasteiger partial charge in [0.25, 0.3) is 0 Å². The lowest BCUT2D eigenvalue weighted by molar-refractivity contribution is 0.436. The predicted molar refractivity (Wildman–Crippen MR) is 432 cm³/mol. The third-order valence-corrected chi connectivity index (χ3v) is 23.4. The second-order valence-corrected chi connectivity index (χ2v) is 29.2. The van der Waals surface area contributed by atoms with E-state index in [4.69, 9.17) is 34.4 Å². The van der Waals surface area contributed by atoms with Crippen molar-refractivity contribution in [2.75, 3.05) is 0 Å². The van der Waals surface area contributed by atoms with E-state index in [1.54, 1.807) is 6.20 Å². The summed E-state index contributed by atoms with van der Waals surface area (Å²) in [5.74, 6) is 4.51. The molecule has 2 aliphatic heterocycles. The molecule has 2 spiro atoms.